The van der Waals surface area contributed by atoms with Crippen LogP contribution in [-0.2, 0) is 28.9 Å². The number of para-hydroxylation sites is 1. The number of anilines is 2. The van der Waals surface area contributed by atoms with Crippen molar-refractivity contribution in [3.63, 3.8) is 0 Å². The molecule has 0 radical (unpaired) electrons. The summed E-state index contributed by atoms with van der Waals surface area (Å²) < 4.78 is 11.2. The minimum atomic E-state index is -0.376. The second-order valence-electron chi connectivity index (χ2n) is 8.47. The number of benzene rings is 1. The third kappa shape index (κ3) is 3.82. The van der Waals surface area contributed by atoms with Crippen LogP contribution in [0.4, 0.5) is 16.3 Å². The van der Waals surface area contributed by atoms with Gasteiger partial charge in [0.15, 0.2) is 0 Å². The van der Waals surface area contributed by atoms with Crippen LogP contribution in [0.2, 0.25) is 0 Å². The summed E-state index contributed by atoms with van der Waals surface area (Å²) in [5.41, 5.74) is 4.95. The van der Waals surface area contributed by atoms with Gasteiger partial charge in [-0.2, -0.15) is 0 Å². The molecule has 0 aliphatic carbocycles. The SMILES string of the molecule is C=C1COc2ccc(N3CC(CCNCc4cccc5c4N(C)C(=O)C5)OC3=O)nc2C1. The van der Waals surface area contributed by atoms with Crippen molar-refractivity contribution < 1.29 is 19.1 Å². The first-order chi connectivity index (χ1) is 15.5. The fourth-order valence-corrected chi connectivity index (χ4v) is 4.46. The molecule has 3 aliphatic rings. The van der Waals surface area contributed by atoms with E-state index < -0.39 is 0 Å². The highest BCUT2D eigenvalue weighted by Crippen LogP contribution is 2.32. The molecule has 5 rings (SSSR count). The van der Waals surface area contributed by atoms with E-state index in [-0.39, 0.29) is 18.1 Å². The molecule has 2 amide bonds. The summed E-state index contributed by atoms with van der Waals surface area (Å²) in [6, 6.07) is 9.68. The number of hydrogen-bond donors (Lipinski definition) is 1. The third-order valence-corrected chi connectivity index (χ3v) is 6.13. The molecule has 32 heavy (non-hydrogen) atoms. The maximum absolute atomic E-state index is 12.4. The Kier molecular flexibility index (Phi) is 5.30. The van der Waals surface area contributed by atoms with Crippen LogP contribution in [0.15, 0.2) is 42.5 Å². The van der Waals surface area contributed by atoms with E-state index in [4.69, 9.17) is 9.47 Å². The van der Waals surface area contributed by atoms with Gasteiger partial charge in [0.2, 0.25) is 5.91 Å². The summed E-state index contributed by atoms with van der Waals surface area (Å²) in [7, 11) is 1.82. The second kappa shape index (κ2) is 8.27. The molecule has 0 spiro atoms. The summed E-state index contributed by atoms with van der Waals surface area (Å²) in [4.78, 5) is 32.3. The molecule has 1 aromatic heterocycles. The van der Waals surface area contributed by atoms with Gasteiger partial charge in [0, 0.05) is 20.0 Å². The largest absolute Gasteiger partial charge is 0.487 e. The van der Waals surface area contributed by atoms with E-state index in [2.05, 4.69) is 16.9 Å². The van der Waals surface area contributed by atoms with Crippen molar-refractivity contribution in [1.82, 2.24) is 10.3 Å². The van der Waals surface area contributed by atoms with E-state index in [9.17, 15) is 9.59 Å². The Bertz CT molecular complexity index is 1100. The average molecular weight is 434 g/mol. The lowest BCUT2D eigenvalue weighted by molar-refractivity contribution is -0.117. The van der Waals surface area contributed by atoms with Crippen LogP contribution in [0, 0.1) is 0 Å². The highest BCUT2D eigenvalue weighted by atomic mass is 16.6. The van der Waals surface area contributed by atoms with E-state index in [1.54, 1.807) is 15.9 Å². The maximum atomic E-state index is 12.4. The number of rotatable bonds is 6. The van der Waals surface area contributed by atoms with Crippen molar-refractivity contribution in [1.29, 1.82) is 0 Å². The zero-order valence-electron chi connectivity index (χ0n) is 18.1. The molecule has 8 nitrogen and oxygen atoms in total. The minimum Gasteiger partial charge on any atom is -0.487 e. The molecular formula is C24H26N4O4. The molecule has 0 bridgehead atoms. The number of cyclic esters (lactones) is 1. The number of hydrogen-bond acceptors (Lipinski definition) is 6. The normalized spacial score (nSPS) is 19.7. The summed E-state index contributed by atoms with van der Waals surface area (Å²) in [6.07, 6.45) is 1.23. The molecule has 166 valence electrons. The van der Waals surface area contributed by atoms with Crippen LogP contribution in [-0.4, -0.2) is 49.8 Å². The number of ether oxygens (including phenoxy) is 2. The van der Waals surface area contributed by atoms with Crippen LogP contribution in [0.3, 0.4) is 0 Å². The first kappa shape index (κ1) is 20.5. The lowest BCUT2D eigenvalue weighted by Crippen LogP contribution is -2.27. The van der Waals surface area contributed by atoms with Crippen molar-refractivity contribution in [3.05, 3.63) is 59.3 Å². The zero-order valence-corrected chi connectivity index (χ0v) is 18.1. The Morgan fingerprint density at radius 2 is 2.09 bits per heavy atom. The topological polar surface area (TPSA) is 84.0 Å². The van der Waals surface area contributed by atoms with Crippen molar-refractivity contribution in [2.45, 2.75) is 31.9 Å². The summed E-state index contributed by atoms with van der Waals surface area (Å²) in [5.74, 6) is 1.45. The van der Waals surface area contributed by atoms with Crippen molar-refractivity contribution in [2.24, 2.45) is 0 Å². The van der Waals surface area contributed by atoms with Gasteiger partial charge in [-0.25, -0.2) is 9.78 Å². The molecule has 1 atom stereocenters. The number of aromatic nitrogens is 1. The van der Waals surface area contributed by atoms with E-state index in [0.717, 1.165) is 33.8 Å². The highest BCUT2D eigenvalue weighted by Gasteiger charge is 2.33. The van der Waals surface area contributed by atoms with Gasteiger partial charge in [-0.3, -0.25) is 9.69 Å². The predicted molar refractivity (Wildman–Crippen MR) is 120 cm³/mol. The smallest absolute Gasteiger partial charge is 0.415 e. The summed E-state index contributed by atoms with van der Waals surface area (Å²) in [6.45, 7) is 6.28. The zero-order chi connectivity index (χ0) is 22.2. The second-order valence-corrected chi connectivity index (χ2v) is 8.47. The van der Waals surface area contributed by atoms with E-state index in [1.807, 2.05) is 31.3 Å². The number of nitrogens with one attached hydrogen (secondary N) is 1. The molecular weight excluding hydrogens is 408 g/mol. The lowest BCUT2D eigenvalue weighted by Gasteiger charge is -2.20. The first-order valence-electron chi connectivity index (χ1n) is 10.8. The van der Waals surface area contributed by atoms with Crippen LogP contribution in [0.5, 0.6) is 5.75 Å². The molecule has 1 fully saturated rings. The van der Waals surface area contributed by atoms with Gasteiger partial charge in [0.25, 0.3) is 0 Å². The predicted octanol–water partition coefficient (Wildman–Crippen LogP) is 2.60. The van der Waals surface area contributed by atoms with Gasteiger partial charge >= 0.3 is 6.09 Å². The van der Waals surface area contributed by atoms with Gasteiger partial charge < -0.3 is 19.7 Å². The Morgan fingerprint density at radius 3 is 2.97 bits per heavy atom. The highest BCUT2D eigenvalue weighted by molar-refractivity contribution is 6.01. The standard InChI is InChI=1S/C24H26N4O4/c1-15-10-19-20(31-14-15)6-7-21(26-19)28-13-18(32-24(28)30)8-9-25-12-17-5-3-4-16-11-22(29)27(2)23(16)17/h3-7,18,25H,1,8-14H2,2H3. The molecule has 4 heterocycles. The Hall–Kier alpha value is -3.39. The van der Waals surface area contributed by atoms with Crippen molar-refractivity contribution in [3.8, 4) is 5.75 Å². The van der Waals surface area contributed by atoms with Crippen LogP contribution in [0.1, 0.15) is 23.2 Å². The Morgan fingerprint density at radius 1 is 1.22 bits per heavy atom. The van der Waals surface area contributed by atoms with Crippen LogP contribution >= 0.6 is 0 Å². The van der Waals surface area contributed by atoms with Crippen LogP contribution in [0.25, 0.3) is 0 Å². The molecule has 0 saturated carbocycles. The van der Waals surface area contributed by atoms with E-state index in [1.165, 1.54) is 0 Å². The molecule has 1 aromatic carbocycles. The monoisotopic (exact) mass is 434 g/mol. The molecule has 8 heteroatoms. The first-order valence-corrected chi connectivity index (χ1v) is 10.8. The molecule has 1 N–H and O–H groups in total. The third-order valence-electron chi connectivity index (χ3n) is 6.13. The molecule has 1 saturated heterocycles. The molecule has 2 aromatic rings. The lowest BCUT2D eigenvalue weighted by atomic mass is 10.1. The van der Waals surface area contributed by atoms with Gasteiger partial charge in [0.05, 0.1) is 24.3 Å². The number of carbonyl (C=O) groups excluding carboxylic acids is 2. The van der Waals surface area contributed by atoms with E-state index >= 15 is 0 Å². The fourth-order valence-electron chi connectivity index (χ4n) is 4.46. The van der Waals surface area contributed by atoms with Crippen molar-refractivity contribution in [2.75, 3.05) is 36.5 Å². The van der Waals surface area contributed by atoms with Crippen LogP contribution < -0.4 is 19.9 Å². The number of carbonyl (C=O) groups is 2. The number of fused-ring (bicyclic) bond motifs is 2. The minimum absolute atomic E-state index is 0.122. The number of pyridine rings is 1. The van der Waals surface area contributed by atoms with Gasteiger partial charge in [-0.05, 0) is 41.8 Å². The van der Waals surface area contributed by atoms with Gasteiger partial charge in [-0.1, -0.05) is 24.8 Å². The van der Waals surface area contributed by atoms with Gasteiger partial charge in [0.1, 0.15) is 24.3 Å². The quantitative estimate of drug-likeness (QED) is 0.556. The average Bonchev–Trinajstić information content (AvgIpc) is 3.30. The fraction of sp³-hybridized carbons (Fsp3) is 0.375. The molecule has 1 unspecified atom stereocenters. The maximum Gasteiger partial charge on any atom is 0.415 e. The number of likely N-dealkylation sites (N-methyl/N-ethyl adjacent to an activating group) is 1. The Labute approximate surface area is 186 Å². The van der Waals surface area contributed by atoms with Crippen molar-refractivity contribution >= 4 is 23.5 Å². The summed E-state index contributed by atoms with van der Waals surface area (Å²) >= 11 is 0. The van der Waals surface area contributed by atoms with E-state index in [0.29, 0.717) is 51.3 Å². The Balaban J connectivity index is 1.16. The van der Waals surface area contributed by atoms with Gasteiger partial charge in [-0.15, -0.1) is 0 Å². The number of amides is 2. The summed E-state index contributed by atoms with van der Waals surface area (Å²) in [5, 5.41) is 3.42. The molecule has 3 aliphatic heterocycles. The number of nitrogens with zero attached hydrogens (tertiary/aromatic N) is 3.